The Bertz CT molecular complexity index is 919. The summed E-state index contributed by atoms with van der Waals surface area (Å²) in [6.45, 7) is 6.30. The van der Waals surface area contributed by atoms with Crippen LogP contribution in [0.2, 0.25) is 0 Å². The number of anilines is 1. The van der Waals surface area contributed by atoms with Gasteiger partial charge in [0.25, 0.3) is 11.8 Å². The molecule has 1 aromatic heterocycles. The number of amides is 3. The standard InChI is InChI=1S/C23H26N4O3/c1-3-16(2)20(27-21(28)17-8-4-5-9-18(17)22(27)29)23(30)26-14-12-25(13-15-26)19-10-6-7-11-24-19/h4-11,16,20H,3,12-15H2,1-2H3. The van der Waals surface area contributed by atoms with Crippen molar-refractivity contribution < 1.29 is 14.4 Å². The first-order valence-corrected chi connectivity index (χ1v) is 10.4. The van der Waals surface area contributed by atoms with Gasteiger partial charge in [0.2, 0.25) is 5.91 Å². The Labute approximate surface area is 176 Å². The molecule has 0 spiro atoms. The molecule has 1 aromatic carbocycles. The zero-order chi connectivity index (χ0) is 21.3. The molecule has 0 N–H and O–H groups in total. The van der Waals surface area contributed by atoms with Crippen molar-refractivity contribution in [1.82, 2.24) is 14.8 Å². The molecule has 0 radical (unpaired) electrons. The van der Waals surface area contributed by atoms with Crippen molar-refractivity contribution in [3.8, 4) is 0 Å². The number of pyridine rings is 1. The topological polar surface area (TPSA) is 73.8 Å². The molecule has 2 aromatic rings. The summed E-state index contributed by atoms with van der Waals surface area (Å²) >= 11 is 0. The second-order valence-corrected chi connectivity index (χ2v) is 7.86. The monoisotopic (exact) mass is 406 g/mol. The van der Waals surface area contributed by atoms with Gasteiger partial charge < -0.3 is 9.80 Å². The van der Waals surface area contributed by atoms with E-state index in [0.29, 0.717) is 43.7 Å². The van der Waals surface area contributed by atoms with Crippen LogP contribution in [0.3, 0.4) is 0 Å². The average molecular weight is 406 g/mol. The molecule has 1 fully saturated rings. The molecular weight excluding hydrogens is 380 g/mol. The van der Waals surface area contributed by atoms with Gasteiger partial charge in [-0.2, -0.15) is 0 Å². The minimum Gasteiger partial charge on any atom is -0.353 e. The molecule has 2 aliphatic rings. The summed E-state index contributed by atoms with van der Waals surface area (Å²) in [5.74, 6) is -0.140. The number of hydrogen-bond donors (Lipinski definition) is 0. The highest BCUT2D eigenvalue weighted by Crippen LogP contribution is 2.29. The Kier molecular flexibility index (Phi) is 5.53. The van der Waals surface area contributed by atoms with Gasteiger partial charge in [0, 0.05) is 32.4 Å². The lowest BCUT2D eigenvalue weighted by molar-refractivity contribution is -0.137. The van der Waals surface area contributed by atoms with Crippen LogP contribution in [-0.4, -0.2) is 64.7 Å². The lowest BCUT2D eigenvalue weighted by Gasteiger charge is -2.39. The molecule has 4 rings (SSSR count). The van der Waals surface area contributed by atoms with E-state index in [0.717, 1.165) is 5.82 Å². The van der Waals surface area contributed by atoms with Crippen molar-refractivity contribution in [3.63, 3.8) is 0 Å². The molecule has 0 saturated carbocycles. The van der Waals surface area contributed by atoms with Crippen molar-refractivity contribution in [1.29, 1.82) is 0 Å². The first kappa shape index (κ1) is 20.1. The van der Waals surface area contributed by atoms with Gasteiger partial charge >= 0.3 is 0 Å². The SMILES string of the molecule is CCC(C)C(C(=O)N1CCN(c2ccccn2)CC1)N1C(=O)c2ccccc2C1=O. The number of benzene rings is 1. The van der Waals surface area contributed by atoms with Gasteiger partial charge in [-0.1, -0.05) is 38.5 Å². The zero-order valence-corrected chi connectivity index (χ0v) is 17.3. The molecule has 0 aliphatic carbocycles. The molecule has 30 heavy (non-hydrogen) atoms. The second kappa shape index (κ2) is 8.26. The van der Waals surface area contributed by atoms with E-state index in [-0.39, 0.29) is 23.6 Å². The van der Waals surface area contributed by atoms with Crippen LogP contribution in [-0.2, 0) is 4.79 Å². The lowest BCUT2D eigenvalue weighted by atomic mass is 9.95. The maximum Gasteiger partial charge on any atom is 0.262 e. The largest absolute Gasteiger partial charge is 0.353 e. The maximum atomic E-state index is 13.5. The third kappa shape index (κ3) is 3.44. The van der Waals surface area contributed by atoms with Gasteiger partial charge in [-0.3, -0.25) is 19.3 Å². The van der Waals surface area contributed by atoms with Crippen molar-refractivity contribution in [3.05, 3.63) is 59.8 Å². The van der Waals surface area contributed by atoms with E-state index < -0.39 is 6.04 Å². The van der Waals surface area contributed by atoms with Crippen LogP contribution < -0.4 is 4.90 Å². The molecule has 2 atom stereocenters. The average Bonchev–Trinajstić information content (AvgIpc) is 3.05. The molecule has 3 amide bonds. The molecule has 0 bridgehead atoms. The van der Waals surface area contributed by atoms with Crippen molar-refractivity contribution in [2.45, 2.75) is 26.3 Å². The zero-order valence-electron chi connectivity index (χ0n) is 17.3. The third-order valence-electron chi connectivity index (χ3n) is 6.10. The summed E-state index contributed by atoms with van der Waals surface area (Å²) in [6.07, 6.45) is 2.45. The number of piperazine rings is 1. The summed E-state index contributed by atoms with van der Waals surface area (Å²) in [7, 11) is 0. The number of carbonyl (C=O) groups excluding carboxylic acids is 3. The predicted octanol–water partition coefficient (Wildman–Crippen LogP) is 2.44. The van der Waals surface area contributed by atoms with E-state index in [4.69, 9.17) is 0 Å². The summed E-state index contributed by atoms with van der Waals surface area (Å²) in [6, 6.07) is 11.8. The molecule has 2 unspecified atom stereocenters. The van der Waals surface area contributed by atoms with Gasteiger partial charge in [0.05, 0.1) is 11.1 Å². The van der Waals surface area contributed by atoms with Gasteiger partial charge in [-0.15, -0.1) is 0 Å². The summed E-state index contributed by atoms with van der Waals surface area (Å²) < 4.78 is 0. The van der Waals surface area contributed by atoms with Crippen LogP contribution >= 0.6 is 0 Å². The Morgan fingerprint density at radius 1 is 0.967 bits per heavy atom. The summed E-state index contributed by atoms with van der Waals surface area (Å²) in [5, 5.41) is 0. The minimum atomic E-state index is -0.788. The number of imide groups is 1. The summed E-state index contributed by atoms with van der Waals surface area (Å²) in [4.78, 5) is 49.0. The van der Waals surface area contributed by atoms with Gasteiger partial charge in [0.15, 0.2) is 0 Å². The Morgan fingerprint density at radius 2 is 1.57 bits per heavy atom. The van der Waals surface area contributed by atoms with E-state index in [2.05, 4.69) is 9.88 Å². The molecule has 2 aliphatic heterocycles. The Hall–Kier alpha value is -3.22. The number of rotatable bonds is 5. The van der Waals surface area contributed by atoms with Crippen LogP contribution in [0.4, 0.5) is 5.82 Å². The second-order valence-electron chi connectivity index (χ2n) is 7.86. The first-order valence-electron chi connectivity index (χ1n) is 10.4. The number of fused-ring (bicyclic) bond motifs is 1. The van der Waals surface area contributed by atoms with Crippen LogP contribution in [0.15, 0.2) is 48.7 Å². The maximum absolute atomic E-state index is 13.5. The lowest BCUT2D eigenvalue weighted by Crippen LogP contribution is -2.58. The normalized spacial score (nSPS) is 18.4. The van der Waals surface area contributed by atoms with E-state index in [1.807, 2.05) is 32.0 Å². The fourth-order valence-corrected chi connectivity index (χ4v) is 4.18. The number of hydrogen-bond acceptors (Lipinski definition) is 5. The van der Waals surface area contributed by atoms with Gasteiger partial charge in [-0.05, 0) is 30.2 Å². The fourth-order valence-electron chi connectivity index (χ4n) is 4.18. The number of carbonyl (C=O) groups is 3. The van der Waals surface area contributed by atoms with Crippen molar-refractivity contribution >= 4 is 23.5 Å². The van der Waals surface area contributed by atoms with Crippen molar-refractivity contribution in [2.24, 2.45) is 5.92 Å². The van der Waals surface area contributed by atoms with Gasteiger partial charge in [0.1, 0.15) is 11.9 Å². The van der Waals surface area contributed by atoms with Crippen LogP contribution in [0.5, 0.6) is 0 Å². The molecule has 7 heteroatoms. The Balaban J connectivity index is 1.53. The third-order valence-corrected chi connectivity index (χ3v) is 6.10. The smallest absolute Gasteiger partial charge is 0.262 e. The highest BCUT2D eigenvalue weighted by atomic mass is 16.2. The van der Waals surface area contributed by atoms with E-state index >= 15 is 0 Å². The number of aromatic nitrogens is 1. The van der Waals surface area contributed by atoms with Crippen LogP contribution in [0, 0.1) is 5.92 Å². The molecule has 156 valence electrons. The van der Waals surface area contributed by atoms with E-state index in [9.17, 15) is 14.4 Å². The Morgan fingerprint density at radius 3 is 2.10 bits per heavy atom. The minimum absolute atomic E-state index is 0.131. The van der Waals surface area contributed by atoms with Crippen molar-refractivity contribution in [2.75, 3.05) is 31.1 Å². The number of nitrogens with zero attached hydrogens (tertiary/aromatic N) is 4. The highest BCUT2D eigenvalue weighted by Gasteiger charge is 2.45. The summed E-state index contributed by atoms with van der Waals surface area (Å²) in [5.41, 5.74) is 0.757. The van der Waals surface area contributed by atoms with E-state index in [1.165, 1.54) is 4.90 Å². The van der Waals surface area contributed by atoms with E-state index in [1.54, 1.807) is 35.4 Å². The van der Waals surface area contributed by atoms with Gasteiger partial charge in [-0.25, -0.2) is 4.98 Å². The van der Waals surface area contributed by atoms with Crippen LogP contribution in [0.1, 0.15) is 41.0 Å². The highest BCUT2D eigenvalue weighted by molar-refractivity contribution is 6.22. The fraction of sp³-hybridized carbons (Fsp3) is 0.391. The molecule has 1 saturated heterocycles. The molecule has 7 nitrogen and oxygen atoms in total. The molecular formula is C23H26N4O3. The van der Waals surface area contributed by atoms with Crippen LogP contribution in [0.25, 0.3) is 0 Å². The first-order chi connectivity index (χ1) is 14.5. The molecule has 3 heterocycles. The quantitative estimate of drug-likeness (QED) is 0.713. The predicted molar refractivity (Wildman–Crippen MR) is 113 cm³/mol.